The summed E-state index contributed by atoms with van der Waals surface area (Å²) in [6.45, 7) is 5.14. The van der Waals surface area contributed by atoms with Crippen LogP contribution in [0.4, 0.5) is 8.78 Å². The van der Waals surface area contributed by atoms with E-state index in [1.165, 1.54) is 24.3 Å². The molecule has 1 fully saturated rings. The Morgan fingerprint density at radius 2 is 1.32 bits per heavy atom. The Labute approximate surface area is 196 Å². The molecule has 1 aliphatic heterocycles. The van der Waals surface area contributed by atoms with Gasteiger partial charge >= 0.3 is 0 Å². The Bertz CT molecular complexity index is 1280. The summed E-state index contributed by atoms with van der Waals surface area (Å²) < 4.78 is 27.1. The highest BCUT2D eigenvalue weighted by molar-refractivity contribution is 5.77. The van der Waals surface area contributed by atoms with Gasteiger partial charge in [-0.1, -0.05) is 36.4 Å². The summed E-state index contributed by atoms with van der Waals surface area (Å²) in [6.07, 6.45) is 0. The smallest absolute Gasteiger partial charge is 0.258 e. The third-order valence-corrected chi connectivity index (χ3v) is 6.66. The predicted molar refractivity (Wildman–Crippen MR) is 129 cm³/mol. The molecule has 0 radical (unpaired) electrons. The summed E-state index contributed by atoms with van der Waals surface area (Å²) in [5.41, 5.74) is 2.50. The molecule has 1 saturated heterocycles. The van der Waals surface area contributed by atoms with E-state index in [2.05, 4.69) is 21.7 Å². The first-order chi connectivity index (χ1) is 16.5. The van der Waals surface area contributed by atoms with Crippen molar-refractivity contribution in [1.82, 2.24) is 19.8 Å². The number of aromatic nitrogens is 2. The molecule has 0 amide bonds. The fourth-order valence-electron chi connectivity index (χ4n) is 4.76. The Morgan fingerprint density at radius 3 is 1.91 bits per heavy atom. The minimum atomic E-state index is -0.280. The molecule has 1 atom stereocenters. The van der Waals surface area contributed by atoms with Crippen LogP contribution in [0.1, 0.15) is 36.0 Å². The first-order valence-electron chi connectivity index (χ1n) is 11.5. The van der Waals surface area contributed by atoms with Crippen LogP contribution in [0.25, 0.3) is 10.9 Å². The summed E-state index contributed by atoms with van der Waals surface area (Å²) in [5.74, 6) is 0.0972. The topological polar surface area (TPSA) is 52.2 Å². The molecule has 5 rings (SSSR count). The van der Waals surface area contributed by atoms with Gasteiger partial charge in [0.15, 0.2) is 0 Å². The van der Waals surface area contributed by atoms with Crippen molar-refractivity contribution in [2.45, 2.75) is 19.0 Å². The number of benzene rings is 3. The van der Waals surface area contributed by atoms with E-state index in [1.54, 1.807) is 30.3 Å². The number of halogens is 2. The molecule has 1 N–H and O–H groups in total. The number of nitrogens with zero attached hydrogens (tertiary/aromatic N) is 3. The van der Waals surface area contributed by atoms with Crippen LogP contribution in [-0.2, 0) is 0 Å². The van der Waals surface area contributed by atoms with Gasteiger partial charge in [-0.15, -0.1) is 0 Å². The second kappa shape index (κ2) is 9.44. The van der Waals surface area contributed by atoms with Gasteiger partial charge in [0.05, 0.1) is 23.0 Å². The lowest BCUT2D eigenvalue weighted by Gasteiger charge is -2.41. The number of hydrogen-bond donors (Lipinski definition) is 1. The number of aromatic amines is 1. The molecule has 5 nitrogen and oxygen atoms in total. The number of rotatable bonds is 5. The predicted octanol–water partition coefficient (Wildman–Crippen LogP) is 4.67. The molecule has 7 heteroatoms. The maximum Gasteiger partial charge on any atom is 0.258 e. The monoisotopic (exact) mass is 460 g/mol. The molecule has 1 aliphatic rings. The Kier molecular flexibility index (Phi) is 6.22. The number of hydrogen-bond acceptors (Lipinski definition) is 4. The zero-order valence-electron chi connectivity index (χ0n) is 18.9. The summed E-state index contributed by atoms with van der Waals surface area (Å²) in [5, 5.41) is 0.588. The molecular formula is C27H26F2N4O. The second-order valence-electron chi connectivity index (χ2n) is 8.72. The van der Waals surface area contributed by atoms with Crippen LogP contribution in [0, 0.1) is 11.6 Å². The van der Waals surface area contributed by atoms with Crippen molar-refractivity contribution in [3.8, 4) is 0 Å². The number of fused-ring (bicyclic) bond motifs is 1. The zero-order chi connectivity index (χ0) is 23.7. The van der Waals surface area contributed by atoms with E-state index in [-0.39, 0.29) is 29.3 Å². The van der Waals surface area contributed by atoms with Gasteiger partial charge in [0.25, 0.3) is 5.56 Å². The van der Waals surface area contributed by atoms with Crippen molar-refractivity contribution in [3.63, 3.8) is 0 Å². The number of H-pyrrole nitrogens is 1. The van der Waals surface area contributed by atoms with Crippen molar-refractivity contribution in [2.75, 3.05) is 26.2 Å². The van der Waals surface area contributed by atoms with E-state index in [1.807, 2.05) is 18.2 Å². The van der Waals surface area contributed by atoms with Crippen LogP contribution in [-0.4, -0.2) is 45.9 Å². The largest absolute Gasteiger partial charge is 0.309 e. The van der Waals surface area contributed by atoms with E-state index in [4.69, 9.17) is 4.98 Å². The highest BCUT2D eigenvalue weighted by Crippen LogP contribution is 2.31. The van der Waals surface area contributed by atoms with Crippen LogP contribution >= 0.6 is 0 Å². The standard InChI is InChI=1S/C27H26F2N4O/c1-18(26-30-24-5-3-2-4-23(24)27(34)31-26)32-14-16-33(17-15-32)25(19-6-10-21(28)11-7-19)20-8-12-22(29)13-9-20/h2-13,18,25H,14-17H2,1H3,(H,30,31,34)/t18-/m0/s1. The second-order valence-corrected chi connectivity index (χ2v) is 8.72. The van der Waals surface area contributed by atoms with E-state index in [0.717, 1.165) is 37.3 Å². The van der Waals surface area contributed by atoms with Crippen LogP contribution in [0.3, 0.4) is 0 Å². The van der Waals surface area contributed by atoms with Gasteiger partial charge in [-0.2, -0.15) is 0 Å². The molecule has 0 spiro atoms. The molecule has 4 aromatic rings. The molecule has 0 saturated carbocycles. The normalized spacial score (nSPS) is 16.2. The maximum atomic E-state index is 13.6. The average Bonchev–Trinajstić information content (AvgIpc) is 2.86. The lowest BCUT2D eigenvalue weighted by Crippen LogP contribution is -2.48. The van der Waals surface area contributed by atoms with Gasteiger partial charge in [0, 0.05) is 26.2 Å². The van der Waals surface area contributed by atoms with Crippen LogP contribution in [0.15, 0.2) is 77.6 Å². The summed E-state index contributed by atoms with van der Waals surface area (Å²) in [7, 11) is 0. The molecule has 0 aliphatic carbocycles. The van der Waals surface area contributed by atoms with Crippen molar-refractivity contribution in [2.24, 2.45) is 0 Å². The third kappa shape index (κ3) is 4.49. The Balaban J connectivity index is 1.36. The van der Waals surface area contributed by atoms with E-state index in [9.17, 15) is 13.6 Å². The van der Waals surface area contributed by atoms with Crippen molar-refractivity contribution >= 4 is 10.9 Å². The van der Waals surface area contributed by atoms with Gasteiger partial charge < -0.3 is 4.98 Å². The first kappa shape index (κ1) is 22.4. The van der Waals surface area contributed by atoms with E-state index >= 15 is 0 Å². The van der Waals surface area contributed by atoms with E-state index < -0.39 is 0 Å². The van der Waals surface area contributed by atoms with Gasteiger partial charge in [-0.05, 0) is 54.4 Å². The van der Waals surface area contributed by atoms with Crippen LogP contribution in [0.2, 0.25) is 0 Å². The van der Waals surface area contributed by atoms with Crippen LogP contribution < -0.4 is 5.56 Å². The highest BCUT2D eigenvalue weighted by atomic mass is 19.1. The SMILES string of the molecule is C[C@@H](c1nc2ccccc2c(=O)[nH]1)N1CCN(C(c2ccc(F)cc2)c2ccc(F)cc2)CC1. The molecule has 0 unspecified atom stereocenters. The lowest BCUT2D eigenvalue weighted by atomic mass is 9.96. The summed E-state index contributed by atoms with van der Waals surface area (Å²) >= 11 is 0. The minimum absolute atomic E-state index is 0.0467. The first-order valence-corrected chi connectivity index (χ1v) is 11.5. The Morgan fingerprint density at radius 1 is 0.794 bits per heavy atom. The average molecular weight is 461 g/mol. The number of nitrogens with one attached hydrogen (secondary N) is 1. The molecular weight excluding hydrogens is 434 g/mol. The molecule has 174 valence electrons. The van der Waals surface area contributed by atoms with Crippen molar-refractivity contribution in [3.05, 3.63) is 112 Å². The fourth-order valence-corrected chi connectivity index (χ4v) is 4.76. The lowest BCUT2D eigenvalue weighted by molar-refractivity contribution is 0.0812. The Hall–Kier alpha value is -3.42. The molecule has 0 bridgehead atoms. The summed E-state index contributed by atoms with van der Waals surface area (Å²) in [4.78, 5) is 24.8. The minimum Gasteiger partial charge on any atom is -0.309 e. The van der Waals surface area contributed by atoms with E-state index in [0.29, 0.717) is 16.7 Å². The highest BCUT2D eigenvalue weighted by Gasteiger charge is 2.29. The van der Waals surface area contributed by atoms with Crippen molar-refractivity contribution < 1.29 is 8.78 Å². The van der Waals surface area contributed by atoms with Gasteiger partial charge in [0.2, 0.25) is 0 Å². The molecule has 3 aromatic carbocycles. The number of para-hydroxylation sites is 1. The molecule has 1 aromatic heterocycles. The molecule has 34 heavy (non-hydrogen) atoms. The van der Waals surface area contributed by atoms with Crippen LogP contribution in [0.5, 0.6) is 0 Å². The number of piperazine rings is 1. The molecule has 2 heterocycles. The van der Waals surface area contributed by atoms with Gasteiger partial charge in [-0.3, -0.25) is 14.6 Å². The van der Waals surface area contributed by atoms with Gasteiger partial charge in [-0.25, -0.2) is 13.8 Å². The fraction of sp³-hybridized carbons (Fsp3) is 0.259. The quantitative estimate of drug-likeness (QED) is 0.470. The maximum absolute atomic E-state index is 13.6. The van der Waals surface area contributed by atoms with Crippen molar-refractivity contribution in [1.29, 1.82) is 0 Å². The third-order valence-electron chi connectivity index (χ3n) is 6.66. The zero-order valence-corrected chi connectivity index (χ0v) is 18.9. The summed E-state index contributed by atoms with van der Waals surface area (Å²) in [6, 6.07) is 20.2. The van der Waals surface area contributed by atoms with Gasteiger partial charge in [0.1, 0.15) is 17.5 Å².